The van der Waals surface area contributed by atoms with Crippen molar-refractivity contribution in [1.29, 1.82) is 0 Å². The van der Waals surface area contributed by atoms with Gasteiger partial charge in [-0.2, -0.15) is 5.10 Å². The maximum Gasteiger partial charge on any atom is 0.248 e. The number of ether oxygens (including phenoxy) is 2. The lowest BCUT2D eigenvalue weighted by molar-refractivity contribution is -0.138. The van der Waals surface area contributed by atoms with Gasteiger partial charge in [-0.15, -0.1) is 0 Å². The van der Waals surface area contributed by atoms with Gasteiger partial charge in [-0.1, -0.05) is 6.07 Å². The molecule has 1 amide bonds. The number of pyridine rings is 1. The SMILES string of the molecule is CO[C@H]1C[C@@H](Cn2ccc(N)n2)N(C(=O)COCc2cccnc2)C1. The van der Waals surface area contributed by atoms with Crippen LogP contribution in [0.3, 0.4) is 0 Å². The van der Waals surface area contributed by atoms with Gasteiger partial charge in [0.15, 0.2) is 0 Å². The molecule has 0 radical (unpaired) electrons. The molecule has 3 heterocycles. The summed E-state index contributed by atoms with van der Waals surface area (Å²) in [6.07, 6.45) is 6.05. The minimum Gasteiger partial charge on any atom is -0.382 e. The van der Waals surface area contributed by atoms with Crippen LogP contribution in [0, 0.1) is 0 Å². The fourth-order valence-corrected chi connectivity index (χ4v) is 3.04. The molecule has 2 aromatic heterocycles. The third-order valence-electron chi connectivity index (χ3n) is 4.31. The predicted molar refractivity (Wildman–Crippen MR) is 91.4 cm³/mol. The first kappa shape index (κ1) is 17.4. The third kappa shape index (κ3) is 4.55. The van der Waals surface area contributed by atoms with Crippen molar-refractivity contribution >= 4 is 11.7 Å². The van der Waals surface area contributed by atoms with Crippen LogP contribution in [-0.4, -0.2) is 58.0 Å². The number of hydrogen-bond donors (Lipinski definition) is 1. The number of carbonyl (C=O) groups is 1. The molecule has 0 bridgehead atoms. The molecule has 8 nitrogen and oxygen atoms in total. The van der Waals surface area contributed by atoms with Crippen molar-refractivity contribution in [2.75, 3.05) is 26.0 Å². The highest BCUT2D eigenvalue weighted by molar-refractivity contribution is 5.78. The number of nitrogens with two attached hydrogens (primary N) is 1. The normalized spacial score (nSPS) is 20.1. The standard InChI is InChI=1S/C17H23N5O3/c1-24-15-7-14(9-21-6-4-16(18)20-21)22(10-15)17(23)12-25-11-13-3-2-5-19-8-13/h2-6,8,14-15H,7,9-12H2,1H3,(H2,18,20)/t14-,15-/m0/s1. The van der Waals surface area contributed by atoms with Crippen molar-refractivity contribution in [3.63, 3.8) is 0 Å². The Hall–Kier alpha value is -2.45. The van der Waals surface area contributed by atoms with Gasteiger partial charge in [0.1, 0.15) is 12.4 Å². The molecule has 1 saturated heterocycles. The zero-order valence-electron chi connectivity index (χ0n) is 14.2. The number of anilines is 1. The maximum absolute atomic E-state index is 12.6. The minimum atomic E-state index is -0.0476. The Labute approximate surface area is 146 Å². The minimum absolute atomic E-state index is 0.0127. The average Bonchev–Trinajstić information content (AvgIpc) is 3.22. The number of nitrogen functional groups attached to an aromatic ring is 1. The van der Waals surface area contributed by atoms with Gasteiger partial charge in [0.05, 0.1) is 25.3 Å². The molecule has 1 aliphatic heterocycles. The summed E-state index contributed by atoms with van der Waals surface area (Å²) in [5, 5.41) is 4.20. The summed E-state index contributed by atoms with van der Waals surface area (Å²) < 4.78 is 12.8. The van der Waals surface area contributed by atoms with Crippen LogP contribution in [0.2, 0.25) is 0 Å². The second-order valence-corrected chi connectivity index (χ2v) is 6.11. The highest BCUT2D eigenvalue weighted by Gasteiger charge is 2.35. The molecule has 0 aliphatic carbocycles. The van der Waals surface area contributed by atoms with E-state index in [2.05, 4.69) is 10.1 Å². The molecule has 25 heavy (non-hydrogen) atoms. The summed E-state index contributed by atoms with van der Waals surface area (Å²) in [4.78, 5) is 18.4. The molecule has 3 rings (SSSR count). The Kier molecular flexibility index (Phi) is 5.62. The Morgan fingerprint density at radius 3 is 3.00 bits per heavy atom. The third-order valence-corrected chi connectivity index (χ3v) is 4.31. The second kappa shape index (κ2) is 8.09. The van der Waals surface area contributed by atoms with Gasteiger partial charge in [-0.05, 0) is 24.1 Å². The summed E-state index contributed by atoms with van der Waals surface area (Å²) in [5.74, 6) is 0.424. The lowest BCUT2D eigenvalue weighted by Crippen LogP contribution is -2.40. The van der Waals surface area contributed by atoms with Crippen molar-refractivity contribution in [2.45, 2.75) is 31.7 Å². The number of aromatic nitrogens is 3. The summed E-state index contributed by atoms with van der Waals surface area (Å²) in [6.45, 7) is 1.54. The van der Waals surface area contributed by atoms with Crippen molar-refractivity contribution in [2.24, 2.45) is 0 Å². The molecule has 0 aromatic carbocycles. The van der Waals surface area contributed by atoms with E-state index in [0.29, 0.717) is 25.5 Å². The Balaban J connectivity index is 1.56. The molecule has 0 spiro atoms. The van der Waals surface area contributed by atoms with Gasteiger partial charge in [-0.25, -0.2) is 0 Å². The van der Waals surface area contributed by atoms with E-state index in [1.54, 1.807) is 30.3 Å². The van der Waals surface area contributed by atoms with Gasteiger partial charge in [-0.3, -0.25) is 14.5 Å². The number of amides is 1. The number of hydrogen-bond acceptors (Lipinski definition) is 6. The van der Waals surface area contributed by atoms with Crippen LogP contribution in [0.15, 0.2) is 36.8 Å². The maximum atomic E-state index is 12.6. The van der Waals surface area contributed by atoms with Crippen LogP contribution in [0.4, 0.5) is 5.82 Å². The summed E-state index contributed by atoms with van der Waals surface area (Å²) in [6, 6.07) is 5.51. The van der Waals surface area contributed by atoms with E-state index in [1.807, 2.05) is 23.2 Å². The number of nitrogens with zero attached hydrogens (tertiary/aromatic N) is 4. The van der Waals surface area contributed by atoms with Gasteiger partial charge in [0, 0.05) is 32.2 Å². The van der Waals surface area contributed by atoms with E-state index >= 15 is 0 Å². The fraction of sp³-hybridized carbons (Fsp3) is 0.471. The number of methoxy groups -OCH3 is 1. The summed E-state index contributed by atoms with van der Waals surface area (Å²) in [5.41, 5.74) is 6.60. The first-order chi connectivity index (χ1) is 12.2. The average molecular weight is 345 g/mol. The molecule has 2 aromatic rings. The quantitative estimate of drug-likeness (QED) is 0.793. The lowest BCUT2D eigenvalue weighted by atomic mass is 10.2. The van der Waals surface area contributed by atoms with E-state index in [9.17, 15) is 4.79 Å². The molecule has 0 saturated carbocycles. The molecule has 2 N–H and O–H groups in total. The Bertz CT molecular complexity index is 691. The molecule has 1 fully saturated rings. The van der Waals surface area contributed by atoms with E-state index in [4.69, 9.17) is 15.2 Å². The van der Waals surface area contributed by atoms with Crippen LogP contribution in [0.25, 0.3) is 0 Å². The number of carbonyl (C=O) groups excluding carboxylic acids is 1. The smallest absolute Gasteiger partial charge is 0.248 e. The van der Waals surface area contributed by atoms with Crippen LogP contribution >= 0.6 is 0 Å². The van der Waals surface area contributed by atoms with Crippen molar-refractivity contribution in [1.82, 2.24) is 19.7 Å². The van der Waals surface area contributed by atoms with Crippen LogP contribution in [-0.2, 0) is 27.4 Å². The van der Waals surface area contributed by atoms with Crippen molar-refractivity contribution < 1.29 is 14.3 Å². The molecule has 0 unspecified atom stereocenters. The first-order valence-corrected chi connectivity index (χ1v) is 8.23. The van der Waals surface area contributed by atoms with Gasteiger partial charge < -0.3 is 20.1 Å². The lowest BCUT2D eigenvalue weighted by Gasteiger charge is -2.24. The largest absolute Gasteiger partial charge is 0.382 e. The van der Waals surface area contributed by atoms with Crippen LogP contribution < -0.4 is 5.73 Å². The highest BCUT2D eigenvalue weighted by Crippen LogP contribution is 2.22. The van der Waals surface area contributed by atoms with Gasteiger partial charge in [0.2, 0.25) is 5.91 Å². The molecule has 134 valence electrons. The Morgan fingerprint density at radius 2 is 2.32 bits per heavy atom. The van der Waals surface area contributed by atoms with Gasteiger partial charge >= 0.3 is 0 Å². The highest BCUT2D eigenvalue weighted by atomic mass is 16.5. The molecular formula is C17H23N5O3. The zero-order chi connectivity index (χ0) is 17.6. The van der Waals surface area contributed by atoms with Crippen molar-refractivity contribution in [3.05, 3.63) is 42.4 Å². The number of likely N-dealkylation sites (tertiary alicyclic amines) is 1. The first-order valence-electron chi connectivity index (χ1n) is 8.23. The summed E-state index contributed by atoms with van der Waals surface area (Å²) in [7, 11) is 1.67. The summed E-state index contributed by atoms with van der Waals surface area (Å²) >= 11 is 0. The van der Waals surface area contributed by atoms with Crippen LogP contribution in [0.5, 0.6) is 0 Å². The molecule has 8 heteroatoms. The van der Waals surface area contributed by atoms with E-state index in [1.165, 1.54) is 0 Å². The monoisotopic (exact) mass is 345 g/mol. The molecule has 1 aliphatic rings. The van der Waals surface area contributed by atoms with Crippen molar-refractivity contribution in [3.8, 4) is 0 Å². The zero-order valence-corrected chi connectivity index (χ0v) is 14.2. The topological polar surface area (TPSA) is 95.5 Å². The fourth-order valence-electron chi connectivity index (χ4n) is 3.04. The molecular weight excluding hydrogens is 322 g/mol. The van der Waals surface area contributed by atoms with E-state index < -0.39 is 0 Å². The Morgan fingerprint density at radius 1 is 1.44 bits per heavy atom. The van der Waals surface area contributed by atoms with Gasteiger partial charge in [0.25, 0.3) is 0 Å². The number of rotatable bonds is 7. The van der Waals surface area contributed by atoms with E-state index in [-0.39, 0.29) is 24.7 Å². The van der Waals surface area contributed by atoms with E-state index in [0.717, 1.165) is 12.0 Å². The second-order valence-electron chi connectivity index (χ2n) is 6.11. The van der Waals surface area contributed by atoms with Crippen LogP contribution in [0.1, 0.15) is 12.0 Å². The molecule has 2 atom stereocenters. The predicted octanol–water partition coefficient (Wildman–Crippen LogP) is 0.693.